The molecule has 2 aromatic rings. The summed E-state index contributed by atoms with van der Waals surface area (Å²) in [5.74, 6) is -0.206. The topological polar surface area (TPSA) is 12.0 Å². The Balaban J connectivity index is 1.95. The van der Waals surface area contributed by atoms with Gasteiger partial charge in [0.15, 0.2) is 0 Å². The molecule has 1 atom stereocenters. The molecule has 2 aromatic carbocycles. The van der Waals surface area contributed by atoms with E-state index in [9.17, 15) is 4.39 Å². The number of nitrogens with one attached hydrogen (secondary N) is 1. The molecule has 2 heteroatoms. The molecule has 0 aliphatic heterocycles. The molecular weight excluding hydrogens is 225 g/mol. The van der Waals surface area contributed by atoms with E-state index in [0.29, 0.717) is 0 Å². The van der Waals surface area contributed by atoms with Gasteiger partial charge in [-0.3, -0.25) is 0 Å². The molecule has 92 valence electrons. The van der Waals surface area contributed by atoms with Crippen LogP contribution < -0.4 is 5.32 Å². The standard InChI is InChI=1S/C16H16FN/c1-13(18-16-5-3-2-4-6-16)7-8-14-9-11-15(17)12-10-14/h2-13,18H,1H3. The van der Waals surface area contributed by atoms with Gasteiger partial charge in [-0.05, 0) is 36.8 Å². The smallest absolute Gasteiger partial charge is 0.123 e. The van der Waals surface area contributed by atoms with E-state index in [-0.39, 0.29) is 11.9 Å². The van der Waals surface area contributed by atoms with Gasteiger partial charge in [-0.15, -0.1) is 0 Å². The van der Waals surface area contributed by atoms with Gasteiger partial charge in [0.1, 0.15) is 5.82 Å². The second-order valence-electron chi connectivity index (χ2n) is 4.21. The number of anilines is 1. The third-order valence-corrected chi connectivity index (χ3v) is 2.62. The number of hydrogen-bond acceptors (Lipinski definition) is 1. The Labute approximate surface area is 107 Å². The molecule has 2 rings (SSSR count). The van der Waals surface area contributed by atoms with Crippen LogP contribution in [0, 0.1) is 5.82 Å². The van der Waals surface area contributed by atoms with Gasteiger partial charge in [-0.2, -0.15) is 0 Å². The summed E-state index contributed by atoms with van der Waals surface area (Å²) in [5.41, 5.74) is 2.09. The van der Waals surface area contributed by atoms with E-state index in [2.05, 4.69) is 18.3 Å². The first-order valence-corrected chi connectivity index (χ1v) is 5.99. The van der Waals surface area contributed by atoms with Gasteiger partial charge in [-0.25, -0.2) is 4.39 Å². The summed E-state index contributed by atoms with van der Waals surface area (Å²) in [6.07, 6.45) is 4.04. The fraction of sp³-hybridized carbons (Fsp3) is 0.125. The van der Waals surface area contributed by atoms with Gasteiger partial charge in [0, 0.05) is 11.7 Å². The quantitative estimate of drug-likeness (QED) is 0.839. The van der Waals surface area contributed by atoms with Crippen LogP contribution in [0.1, 0.15) is 12.5 Å². The first-order valence-electron chi connectivity index (χ1n) is 5.99. The maximum absolute atomic E-state index is 12.7. The Morgan fingerprint density at radius 2 is 1.67 bits per heavy atom. The highest BCUT2D eigenvalue weighted by Gasteiger charge is 1.96. The van der Waals surface area contributed by atoms with Crippen molar-refractivity contribution in [2.24, 2.45) is 0 Å². The summed E-state index contributed by atoms with van der Waals surface area (Å²) in [6.45, 7) is 2.08. The van der Waals surface area contributed by atoms with Gasteiger partial charge >= 0.3 is 0 Å². The molecule has 1 nitrogen and oxygen atoms in total. The second-order valence-corrected chi connectivity index (χ2v) is 4.21. The number of halogens is 1. The van der Waals surface area contributed by atoms with Crippen LogP contribution >= 0.6 is 0 Å². The lowest BCUT2D eigenvalue weighted by Crippen LogP contribution is -2.11. The SMILES string of the molecule is CC(C=Cc1ccc(F)cc1)Nc1ccccc1. The average molecular weight is 241 g/mol. The van der Waals surface area contributed by atoms with Crippen molar-refractivity contribution in [1.82, 2.24) is 0 Å². The highest BCUT2D eigenvalue weighted by molar-refractivity contribution is 5.52. The first kappa shape index (κ1) is 12.4. The number of hydrogen-bond donors (Lipinski definition) is 1. The van der Waals surface area contributed by atoms with Crippen LogP contribution in [-0.2, 0) is 0 Å². The van der Waals surface area contributed by atoms with Crippen molar-refractivity contribution >= 4 is 11.8 Å². The summed E-state index contributed by atoms with van der Waals surface area (Å²) in [6, 6.07) is 16.7. The summed E-state index contributed by atoms with van der Waals surface area (Å²) < 4.78 is 12.7. The first-order chi connectivity index (χ1) is 8.74. The summed E-state index contributed by atoms with van der Waals surface area (Å²) >= 11 is 0. The van der Waals surface area contributed by atoms with Crippen molar-refractivity contribution in [3.05, 3.63) is 72.1 Å². The molecule has 1 unspecified atom stereocenters. The monoisotopic (exact) mass is 241 g/mol. The van der Waals surface area contributed by atoms with Crippen molar-refractivity contribution < 1.29 is 4.39 Å². The Kier molecular flexibility index (Phi) is 4.13. The lowest BCUT2D eigenvalue weighted by atomic mass is 10.1. The number of rotatable bonds is 4. The van der Waals surface area contributed by atoms with Crippen LogP contribution in [0.3, 0.4) is 0 Å². The molecule has 0 saturated heterocycles. The van der Waals surface area contributed by atoms with Crippen LogP contribution in [0.2, 0.25) is 0 Å². The molecular formula is C16H16FN. The molecule has 0 amide bonds. The zero-order valence-corrected chi connectivity index (χ0v) is 10.3. The molecule has 0 aliphatic rings. The van der Waals surface area contributed by atoms with E-state index in [4.69, 9.17) is 0 Å². The van der Waals surface area contributed by atoms with Crippen LogP contribution in [0.25, 0.3) is 6.08 Å². The molecule has 18 heavy (non-hydrogen) atoms. The van der Waals surface area contributed by atoms with Gasteiger partial charge in [0.25, 0.3) is 0 Å². The largest absolute Gasteiger partial charge is 0.379 e. The summed E-state index contributed by atoms with van der Waals surface area (Å²) in [5, 5.41) is 3.36. The van der Waals surface area contributed by atoms with Crippen molar-refractivity contribution in [1.29, 1.82) is 0 Å². The fourth-order valence-electron chi connectivity index (χ4n) is 1.67. The van der Waals surface area contributed by atoms with Crippen LogP contribution in [0.5, 0.6) is 0 Å². The average Bonchev–Trinajstić information content (AvgIpc) is 2.39. The molecule has 0 spiro atoms. The van der Waals surface area contributed by atoms with Gasteiger partial charge in [-0.1, -0.05) is 42.5 Å². The maximum Gasteiger partial charge on any atom is 0.123 e. The van der Waals surface area contributed by atoms with Crippen molar-refractivity contribution in [2.45, 2.75) is 13.0 Å². The van der Waals surface area contributed by atoms with E-state index in [1.165, 1.54) is 12.1 Å². The Morgan fingerprint density at radius 1 is 1.00 bits per heavy atom. The van der Waals surface area contributed by atoms with Crippen LogP contribution in [-0.4, -0.2) is 6.04 Å². The zero-order chi connectivity index (χ0) is 12.8. The zero-order valence-electron chi connectivity index (χ0n) is 10.3. The van der Waals surface area contributed by atoms with E-state index in [1.54, 1.807) is 12.1 Å². The lowest BCUT2D eigenvalue weighted by Gasteiger charge is -2.10. The molecule has 0 radical (unpaired) electrons. The van der Waals surface area contributed by atoms with Gasteiger partial charge < -0.3 is 5.32 Å². The third kappa shape index (κ3) is 3.74. The highest BCUT2D eigenvalue weighted by atomic mass is 19.1. The predicted octanol–water partition coefficient (Wildman–Crippen LogP) is 4.34. The van der Waals surface area contributed by atoms with E-state index in [1.807, 2.05) is 36.4 Å². The van der Waals surface area contributed by atoms with Crippen molar-refractivity contribution in [3.8, 4) is 0 Å². The highest BCUT2D eigenvalue weighted by Crippen LogP contribution is 2.09. The minimum atomic E-state index is -0.206. The fourth-order valence-corrected chi connectivity index (χ4v) is 1.67. The minimum Gasteiger partial charge on any atom is -0.379 e. The predicted molar refractivity (Wildman–Crippen MR) is 75.0 cm³/mol. The van der Waals surface area contributed by atoms with E-state index in [0.717, 1.165) is 11.3 Å². The minimum absolute atomic E-state index is 0.206. The van der Waals surface area contributed by atoms with Gasteiger partial charge in [0.2, 0.25) is 0 Å². The maximum atomic E-state index is 12.7. The molecule has 0 aromatic heterocycles. The normalized spacial score (nSPS) is 12.6. The summed E-state index contributed by atoms with van der Waals surface area (Å²) in [7, 11) is 0. The van der Waals surface area contributed by atoms with E-state index >= 15 is 0 Å². The Hall–Kier alpha value is -2.09. The van der Waals surface area contributed by atoms with E-state index < -0.39 is 0 Å². The Bertz CT molecular complexity index is 502. The lowest BCUT2D eigenvalue weighted by molar-refractivity contribution is 0.628. The molecule has 0 bridgehead atoms. The second kappa shape index (κ2) is 6.01. The molecule has 0 aliphatic carbocycles. The molecule has 0 fully saturated rings. The Morgan fingerprint density at radius 3 is 2.33 bits per heavy atom. The molecule has 0 heterocycles. The number of benzene rings is 2. The molecule has 1 N–H and O–H groups in total. The van der Waals surface area contributed by atoms with Gasteiger partial charge in [0.05, 0.1) is 0 Å². The number of para-hydroxylation sites is 1. The third-order valence-electron chi connectivity index (χ3n) is 2.62. The molecule has 0 saturated carbocycles. The van der Waals surface area contributed by atoms with Crippen LogP contribution in [0.15, 0.2) is 60.7 Å². The van der Waals surface area contributed by atoms with Crippen LogP contribution in [0.4, 0.5) is 10.1 Å². The summed E-state index contributed by atoms with van der Waals surface area (Å²) in [4.78, 5) is 0. The van der Waals surface area contributed by atoms with Crippen molar-refractivity contribution in [3.63, 3.8) is 0 Å². The van der Waals surface area contributed by atoms with Crippen molar-refractivity contribution in [2.75, 3.05) is 5.32 Å².